The summed E-state index contributed by atoms with van der Waals surface area (Å²) >= 11 is 0. The summed E-state index contributed by atoms with van der Waals surface area (Å²) in [6.07, 6.45) is 0. The SMILES string of the molecule is Cc1cc(C)c2nc3c(cc(C)c4c5ccccc5[nH]nc34)c2c1C. The molecule has 25 heavy (non-hydrogen) atoms. The van der Waals surface area contributed by atoms with E-state index in [9.17, 15) is 0 Å². The van der Waals surface area contributed by atoms with Crippen molar-refractivity contribution < 1.29 is 0 Å². The summed E-state index contributed by atoms with van der Waals surface area (Å²) in [5.74, 6) is 0. The predicted molar refractivity (Wildman–Crippen MR) is 105 cm³/mol. The second-order valence-corrected chi connectivity index (χ2v) is 7.05. The van der Waals surface area contributed by atoms with Crippen molar-refractivity contribution in [3.8, 4) is 0 Å². The van der Waals surface area contributed by atoms with E-state index in [-0.39, 0.29) is 0 Å². The minimum Gasteiger partial charge on any atom is -0.277 e. The van der Waals surface area contributed by atoms with Gasteiger partial charge in [0.15, 0.2) is 0 Å². The third kappa shape index (κ3) is 1.81. The van der Waals surface area contributed by atoms with E-state index in [1.807, 2.05) is 6.07 Å². The summed E-state index contributed by atoms with van der Waals surface area (Å²) in [7, 11) is 0. The minimum atomic E-state index is 0.960. The molecule has 0 bridgehead atoms. The Morgan fingerprint density at radius 1 is 0.720 bits per heavy atom. The Morgan fingerprint density at radius 3 is 2.36 bits per heavy atom. The molecule has 2 aromatic heterocycles. The number of aromatic amines is 1. The average Bonchev–Trinajstić information content (AvgIpc) is 2.99. The number of para-hydroxylation sites is 1. The van der Waals surface area contributed by atoms with Crippen molar-refractivity contribution in [3.63, 3.8) is 0 Å². The lowest BCUT2D eigenvalue weighted by atomic mass is 9.97. The largest absolute Gasteiger partial charge is 0.277 e. The second kappa shape index (κ2) is 4.79. The molecule has 5 aromatic rings. The van der Waals surface area contributed by atoms with Gasteiger partial charge in [-0.2, -0.15) is 5.10 Å². The highest BCUT2D eigenvalue weighted by atomic mass is 15.1. The van der Waals surface area contributed by atoms with Gasteiger partial charge in [0, 0.05) is 21.5 Å². The van der Waals surface area contributed by atoms with Crippen LogP contribution in [0.1, 0.15) is 22.3 Å². The van der Waals surface area contributed by atoms with Crippen molar-refractivity contribution in [1.29, 1.82) is 0 Å². The van der Waals surface area contributed by atoms with Gasteiger partial charge in [-0.1, -0.05) is 24.3 Å². The third-order valence-electron chi connectivity index (χ3n) is 5.46. The zero-order chi connectivity index (χ0) is 17.3. The highest BCUT2D eigenvalue weighted by molar-refractivity contribution is 6.21. The molecule has 0 aliphatic rings. The molecule has 122 valence electrons. The van der Waals surface area contributed by atoms with Crippen LogP contribution in [0.15, 0.2) is 36.4 Å². The molecule has 0 aliphatic carbocycles. The first kappa shape index (κ1) is 14.4. The van der Waals surface area contributed by atoms with Gasteiger partial charge < -0.3 is 0 Å². The van der Waals surface area contributed by atoms with Crippen molar-refractivity contribution >= 4 is 43.6 Å². The van der Waals surface area contributed by atoms with Gasteiger partial charge in [-0.25, -0.2) is 4.98 Å². The minimum absolute atomic E-state index is 0.960. The van der Waals surface area contributed by atoms with Gasteiger partial charge in [-0.05, 0) is 62.1 Å². The van der Waals surface area contributed by atoms with Crippen LogP contribution in [-0.2, 0) is 0 Å². The van der Waals surface area contributed by atoms with E-state index in [0.717, 1.165) is 22.1 Å². The van der Waals surface area contributed by atoms with Gasteiger partial charge in [-0.3, -0.25) is 5.10 Å². The molecule has 0 saturated carbocycles. The van der Waals surface area contributed by atoms with E-state index in [4.69, 9.17) is 4.98 Å². The van der Waals surface area contributed by atoms with Gasteiger partial charge in [0.05, 0.1) is 16.6 Å². The monoisotopic (exact) mass is 325 g/mol. The number of nitrogens with one attached hydrogen (secondary N) is 1. The fraction of sp³-hybridized carbons (Fsp3) is 0.182. The molecule has 0 atom stereocenters. The Balaban J connectivity index is 2.10. The lowest BCUT2D eigenvalue weighted by Crippen LogP contribution is -1.91. The lowest BCUT2D eigenvalue weighted by molar-refractivity contribution is 1.12. The van der Waals surface area contributed by atoms with Crippen LogP contribution in [0.2, 0.25) is 0 Å². The van der Waals surface area contributed by atoms with E-state index in [0.29, 0.717) is 0 Å². The molecule has 0 saturated heterocycles. The number of nitrogens with zero attached hydrogens (tertiary/aromatic N) is 2. The standard InChI is InChI=1S/C22H19N3/c1-11-9-13(3)20-19(14(11)4)16-10-12(2)18-15-7-5-6-8-17(15)24-25-22(18)21(16)23-20/h5-10,24H,1-4H3. The molecule has 2 heterocycles. The van der Waals surface area contributed by atoms with Crippen LogP contribution < -0.4 is 0 Å². The van der Waals surface area contributed by atoms with E-state index in [1.165, 1.54) is 43.8 Å². The highest BCUT2D eigenvalue weighted by Crippen LogP contribution is 2.37. The van der Waals surface area contributed by atoms with Crippen LogP contribution in [0.25, 0.3) is 43.6 Å². The van der Waals surface area contributed by atoms with Crippen molar-refractivity contribution in [3.05, 3.63) is 58.7 Å². The Kier molecular flexibility index (Phi) is 2.76. The number of rotatable bonds is 0. The van der Waals surface area contributed by atoms with Crippen LogP contribution in [-0.4, -0.2) is 15.2 Å². The third-order valence-corrected chi connectivity index (χ3v) is 5.46. The first-order valence-corrected chi connectivity index (χ1v) is 8.63. The number of hydrogen-bond donors (Lipinski definition) is 1. The molecule has 0 unspecified atom stereocenters. The van der Waals surface area contributed by atoms with Gasteiger partial charge in [0.1, 0.15) is 5.52 Å². The molecular formula is C22H19N3. The Morgan fingerprint density at radius 2 is 1.52 bits per heavy atom. The fourth-order valence-electron chi connectivity index (χ4n) is 4.12. The van der Waals surface area contributed by atoms with Crippen LogP contribution >= 0.6 is 0 Å². The molecule has 3 aromatic carbocycles. The first-order valence-electron chi connectivity index (χ1n) is 8.63. The molecule has 0 aliphatic heterocycles. The van der Waals surface area contributed by atoms with Crippen LogP contribution in [0.3, 0.4) is 0 Å². The van der Waals surface area contributed by atoms with E-state index >= 15 is 0 Å². The molecule has 0 fully saturated rings. The molecular weight excluding hydrogens is 306 g/mol. The summed E-state index contributed by atoms with van der Waals surface area (Å²) in [5.41, 5.74) is 9.20. The van der Waals surface area contributed by atoms with Gasteiger partial charge in [-0.15, -0.1) is 0 Å². The van der Waals surface area contributed by atoms with Crippen molar-refractivity contribution in [2.24, 2.45) is 0 Å². The summed E-state index contributed by atoms with van der Waals surface area (Å²) in [6, 6.07) is 12.8. The number of aryl methyl sites for hydroxylation is 4. The number of benzene rings is 3. The van der Waals surface area contributed by atoms with E-state index in [1.54, 1.807) is 0 Å². The second-order valence-electron chi connectivity index (χ2n) is 7.05. The number of hydrogen-bond acceptors (Lipinski definition) is 2. The topological polar surface area (TPSA) is 41.6 Å². The predicted octanol–water partition coefficient (Wildman–Crippen LogP) is 5.65. The molecule has 0 amide bonds. The Labute approximate surface area is 145 Å². The zero-order valence-corrected chi connectivity index (χ0v) is 14.9. The van der Waals surface area contributed by atoms with Crippen LogP contribution in [0.4, 0.5) is 0 Å². The van der Waals surface area contributed by atoms with E-state index < -0.39 is 0 Å². The molecule has 0 spiro atoms. The van der Waals surface area contributed by atoms with Crippen molar-refractivity contribution in [1.82, 2.24) is 15.2 Å². The molecule has 3 nitrogen and oxygen atoms in total. The first-order chi connectivity index (χ1) is 12.1. The summed E-state index contributed by atoms with van der Waals surface area (Å²) in [4.78, 5) is 5.01. The zero-order valence-electron chi connectivity index (χ0n) is 14.9. The summed E-state index contributed by atoms with van der Waals surface area (Å²) < 4.78 is 0. The molecule has 1 N–H and O–H groups in total. The Hall–Kier alpha value is -2.94. The van der Waals surface area contributed by atoms with Crippen molar-refractivity contribution in [2.45, 2.75) is 27.7 Å². The summed E-state index contributed by atoms with van der Waals surface area (Å²) in [5, 5.41) is 12.8. The van der Waals surface area contributed by atoms with Gasteiger partial charge >= 0.3 is 0 Å². The normalized spacial score (nSPS) is 12.0. The maximum Gasteiger partial charge on any atom is 0.118 e. The fourth-order valence-corrected chi connectivity index (χ4v) is 4.12. The Bertz CT molecular complexity index is 1330. The smallest absolute Gasteiger partial charge is 0.118 e. The highest BCUT2D eigenvalue weighted by Gasteiger charge is 2.17. The van der Waals surface area contributed by atoms with E-state index in [2.05, 4.69) is 68.2 Å². The quantitative estimate of drug-likeness (QED) is 0.374. The van der Waals surface area contributed by atoms with Crippen molar-refractivity contribution in [2.75, 3.05) is 0 Å². The molecule has 3 heteroatoms. The van der Waals surface area contributed by atoms with Crippen LogP contribution in [0, 0.1) is 27.7 Å². The van der Waals surface area contributed by atoms with Gasteiger partial charge in [0.25, 0.3) is 0 Å². The number of H-pyrrole nitrogens is 1. The van der Waals surface area contributed by atoms with Gasteiger partial charge in [0.2, 0.25) is 0 Å². The lowest BCUT2D eigenvalue weighted by Gasteiger charge is -2.08. The molecule has 5 rings (SSSR count). The average molecular weight is 325 g/mol. The molecule has 0 radical (unpaired) electrons. The maximum absolute atomic E-state index is 5.01. The number of fused-ring (bicyclic) bond motifs is 7. The number of aromatic nitrogens is 3. The summed E-state index contributed by atoms with van der Waals surface area (Å²) in [6.45, 7) is 8.68. The maximum atomic E-state index is 5.01. The van der Waals surface area contributed by atoms with Crippen LogP contribution in [0.5, 0.6) is 0 Å².